The molecule has 0 aliphatic carbocycles. The van der Waals surface area contributed by atoms with Crippen LogP contribution >= 0.6 is 0 Å². The number of piperidine rings is 1. The average molecular weight is 337 g/mol. The highest BCUT2D eigenvalue weighted by Crippen LogP contribution is 2.19. The minimum atomic E-state index is -1.14. The third kappa shape index (κ3) is 5.21. The number of rotatable bonds is 6. The highest BCUT2D eigenvalue weighted by atomic mass is 16.3. The van der Waals surface area contributed by atoms with Crippen molar-refractivity contribution in [3.05, 3.63) is 18.0 Å². The predicted molar refractivity (Wildman–Crippen MR) is 93.6 cm³/mol. The third-order valence-corrected chi connectivity index (χ3v) is 4.92. The number of hydrogen-bond acceptors (Lipinski definition) is 4. The van der Waals surface area contributed by atoms with Crippen molar-refractivity contribution in [2.75, 3.05) is 26.2 Å². The fraction of sp³-hybridized carbons (Fsp3) is 0.765. The van der Waals surface area contributed by atoms with Gasteiger partial charge in [-0.15, -0.1) is 0 Å². The number of amides is 2. The summed E-state index contributed by atoms with van der Waals surface area (Å²) in [6.45, 7) is 9.05. The maximum atomic E-state index is 12.0. The van der Waals surface area contributed by atoms with Crippen LogP contribution in [-0.2, 0) is 12.6 Å². The van der Waals surface area contributed by atoms with Crippen molar-refractivity contribution in [1.29, 1.82) is 0 Å². The third-order valence-electron chi connectivity index (χ3n) is 4.92. The normalized spacial score (nSPS) is 20.4. The molecule has 0 saturated carbocycles. The number of aromatic nitrogens is 2. The maximum Gasteiger partial charge on any atom is 0.314 e. The van der Waals surface area contributed by atoms with E-state index in [1.807, 2.05) is 0 Å². The molecule has 1 aliphatic rings. The SMILES string of the molecule is CC1CCN(C(C)CNC(=O)NCC(C)(O)c2cnn(C)c2)CC1. The monoisotopic (exact) mass is 337 g/mol. The highest BCUT2D eigenvalue weighted by molar-refractivity contribution is 5.73. The van der Waals surface area contributed by atoms with Crippen LogP contribution in [0.25, 0.3) is 0 Å². The zero-order valence-electron chi connectivity index (χ0n) is 15.2. The summed E-state index contributed by atoms with van der Waals surface area (Å²) in [6, 6.07) is 0.0680. The lowest BCUT2D eigenvalue weighted by Crippen LogP contribution is -2.49. The van der Waals surface area contributed by atoms with Gasteiger partial charge in [-0.25, -0.2) is 4.79 Å². The molecule has 1 saturated heterocycles. The van der Waals surface area contributed by atoms with Crippen molar-refractivity contribution in [2.24, 2.45) is 13.0 Å². The first kappa shape index (κ1) is 18.7. The van der Waals surface area contributed by atoms with Gasteiger partial charge in [0.15, 0.2) is 0 Å². The van der Waals surface area contributed by atoms with Gasteiger partial charge in [0.2, 0.25) is 0 Å². The zero-order chi connectivity index (χ0) is 17.7. The molecule has 2 amide bonds. The summed E-state index contributed by atoms with van der Waals surface area (Å²) in [5.74, 6) is 0.805. The maximum absolute atomic E-state index is 12.0. The second-order valence-corrected chi connectivity index (χ2v) is 7.31. The number of hydrogen-bond donors (Lipinski definition) is 3. The van der Waals surface area contributed by atoms with Crippen molar-refractivity contribution in [1.82, 2.24) is 25.3 Å². The Kier molecular flexibility index (Phi) is 6.23. The van der Waals surface area contributed by atoms with Crippen LogP contribution < -0.4 is 10.6 Å². The summed E-state index contributed by atoms with van der Waals surface area (Å²) >= 11 is 0. The first-order chi connectivity index (χ1) is 11.3. The molecule has 1 fully saturated rings. The number of nitrogens with one attached hydrogen (secondary N) is 2. The molecule has 2 atom stereocenters. The second kappa shape index (κ2) is 7.98. The van der Waals surface area contributed by atoms with Crippen LogP contribution in [-0.4, -0.2) is 58.0 Å². The standard InChI is InChI=1S/C17H31N5O2/c1-13-5-7-22(8-6-13)14(2)9-18-16(23)19-12-17(3,24)15-10-20-21(4)11-15/h10-11,13-14,24H,5-9,12H2,1-4H3,(H2,18,19,23). The molecule has 2 rings (SSSR count). The van der Waals surface area contributed by atoms with Gasteiger partial charge in [-0.2, -0.15) is 5.10 Å². The van der Waals surface area contributed by atoms with Crippen LogP contribution in [0.4, 0.5) is 4.79 Å². The van der Waals surface area contributed by atoms with Crippen molar-refractivity contribution in [3.8, 4) is 0 Å². The summed E-state index contributed by atoms with van der Waals surface area (Å²) in [4.78, 5) is 14.4. The minimum Gasteiger partial charge on any atom is -0.383 e. The summed E-state index contributed by atoms with van der Waals surface area (Å²) in [6.07, 6.45) is 5.81. The smallest absolute Gasteiger partial charge is 0.314 e. The molecule has 0 radical (unpaired) electrons. The fourth-order valence-corrected chi connectivity index (χ4v) is 2.96. The molecule has 3 N–H and O–H groups in total. The first-order valence-corrected chi connectivity index (χ1v) is 8.75. The molecule has 2 heterocycles. The van der Waals surface area contributed by atoms with E-state index in [0.717, 1.165) is 19.0 Å². The van der Waals surface area contributed by atoms with Crippen LogP contribution in [0.3, 0.4) is 0 Å². The van der Waals surface area contributed by atoms with Crippen LogP contribution in [0.1, 0.15) is 39.2 Å². The number of carbonyl (C=O) groups excluding carboxylic acids is 1. The molecule has 0 bridgehead atoms. The zero-order valence-corrected chi connectivity index (χ0v) is 15.2. The highest BCUT2D eigenvalue weighted by Gasteiger charge is 2.26. The second-order valence-electron chi connectivity index (χ2n) is 7.31. The van der Waals surface area contributed by atoms with E-state index >= 15 is 0 Å². The van der Waals surface area contributed by atoms with E-state index in [0.29, 0.717) is 18.2 Å². The Morgan fingerprint density at radius 3 is 2.71 bits per heavy atom. The summed E-state index contributed by atoms with van der Waals surface area (Å²) in [5.41, 5.74) is -0.457. The van der Waals surface area contributed by atoms with E-state index in [9.17, 15) is 9.90 Å². The molecule has 2 unspecified atom stereocenters. The molecule has 7 heteroatoms. The summed E-state index contributed by atoms with van der Waals surface area (Å²) < 4.78 is 1.63. The van der Waals surface area contributed by atoms with Gasteiger partial charge >= 0.3 is 6.03 Å². The van der Waals surface area contributed by atoms with Gasteiger partial charge in [0.05, 0.1) is 12.7 Å². The van der Waals surface area contributed by atoms with Crippen LogP contribution in [0, 0.1) is 5.92 Å². The molecular weight excluding hydrogens is 306 g/mol. The molecule has 136 valence electrons. The lowest BCUT2D eigenvalue weighted by Gasteiger charge is -2.35. The van der Waals surface area contributed by atoms with Crippen LogP contribution in [0.15, 0.2) is 12.4 Å². The molecule has 24 heavy (non-hydrogen) atoms. The molecule has 1 aromatic rings. The Balaban J connectivity index is 1.71. The van der Waals surface area contributed by atoms with Gasteiger partial charge in [0.25, 0.3) is 0 Å². The lowest BCUT2D eigenvalue weighted by molar-refractivity contribution is 0.0592. The Morgan fingerprint density at radius 1 is 1.46 bits per heavy atom. The van der Waals surface area contributed by atoms with Crippen molar-refractivity contribution in [2.45, 2.75) is 45.3 Å². The number of carbonyl (C=O) groups is 1. The lowest BCUT2D eigenvalue weighted by atomic mass is 9.98. The Hall–Kier alpha value is -1.60. The quantitative estimate of drug-likeness (QED) is 0.724. The van der Waals surface area contributed by atoms with Crippen molar-refractivity contribution in [3.63, 3.8) is 0 Å². The van der Waals surface area contributed by atoms with E-state index in [2.05, 4.69) is 34.5 Å². The molecule has 0 spiro atoms. The van der Waals surface area contributed by atoms with E-state index in [1.54, 1.807) is 31.0 Å². The largest absolute Gasteiger partial charge is 0.383 e. The van der Waals surface area contributed by atoms with Gasteiger partial charge in [-0.05, 0) is 45.7 Å². The number of likely N-dealkylation sites (tertiary alicyclic amines) is 1. The van der Waals surface area contributed by atoms with Gasteiger partial charge in [-0.3, -0.25) is 9.58 Å². The summed E-state index contributed by atoms with van der Waals surface area (Å²) in [7, 11) is 1.79. The molecule has 1 aromatic heterocycles. The van der Waals surface area contributed by atoms with Gasteiger partial charge in [0.1, 0.15) is 5.60 Å². The Morgan fingerprint density at radius 2 is 2.12 bits per heavy atom. The molecular formula is C17H31N5O2. The summed E-state index contributed by atoms with van der Waals surface area (Å²) in [5, 5.41) is 20.1. The van der Waals surface area contributed by atoms with Crippen LogP contribution in [0.5, 0.6) is 0 Å². The minimum absolute atomic E-state index is 0.139. The van der Waals surface area contributed by atoms with E-state index in [4.69, 9.17) is 0 Å². The Bertz CT molecular complexity index is 535. The number of aryl methyl sites for hydroxylation is 1. The van der Waals surface area contributed by atoms with Gasteiger partial charge in [0, 0.05) is 31.4 Å². The number of urea groups is 1. The topological polar surface area (TPSA) is 82.4 Å². The van der Waals surface area contributed by atoms with Gasteiger partial charge in [-0.1, -0.05) is 6.92 Å². The van der Waals surface area contributed by atoms with Crippen molar-refractivity contribution >= 4 is 6.03 Å². The average Bonchev–Trinajstić information content (AvgIpc) is 2.99. The number of nitrogens with zero attached hydrogens (tertiary/aromatic N) is 3. The van der Waals surface area contributed by atoms with E-state index in [-0.39, 0.29) is 12.6 Å². The van der Waals surface area contributed by atoms with Gasteiger partial charge < -0.3 is 15.7 Å². The number of aliphatic hydroxyl groups is 1. The van der Waals surface area contributed by atoms with E-state index < -0.39 is 5.60 Å². The Labute approximate surface area is 144 Å². The molecule has 1 aliphatic heterocycles. The van der Waals surface area contributed by atoms with Crippen molar-refractivity contribution < 1.29 is 9.90 Å². The predicted octanol–water partition coefficient (Wildman–Crippen LogP) is 1.05. The fourth-order valence-electron chi connectivity index (χ4n) is 2.96. The molecule has 0 aromatic carbocycles. The molecule has 7 nitrogen and oxygen atoms in total. The van der Waals surface area contributed by atoms with E-state index in [1.165, 1.54) is 12.8 Å². The first-order valence-electron chi connectivity index (χ1n) is 8.75. The van der Waals surface area contributed by atoms with Crippen LogP contribution in [0.2, 0.25) is 0 Å².